The Morgan fingerprint density at radius 2 is 2.10 bits per heavy atom. The molecule has 0 heterocycles. The molecule has 110 valence electrons. The van der Waals surface area contributed by atoms with Gasteiger partial charge in [0.2, 0.25) is 0 Å². The van der Waals surface area contributed by atoms with Crippen LogP contribution in [0.3, 0.4) is 0 Å². The normalized spacial score (nSPS) is 16.6. The monoisotopic (exact) mass is 307 g/mol. The van der Waals surface area contributed by atoms with E-state index in [4.69, 9.17) is 11.6 Å². The van der Waals surface area contributed by atoms with E-state index in [0.29, 0.717) is 0 Å². The summed E-state index contributed by atoms with van der Waals surface area (Å²) in [6.07, 6.45) is -2.99. The van der Waals surface area contributed by atoms with E-state index in [2.05, 4.69) is 10.1 Å². The number of nitrogens with one attached hydrogen (secondary N) is 1. The van der Waals surface area contributed by atoms with Gasteiger partial charge in [-0.1, -0.05) is 17.7 Å². The van der Waals surface area contributed by atoms with E-state index < -0.39 is 23.8 Å². The molecule has 7 heteroatoms. The number of rotatable bonds is 4. The van der Waals surface area contributed by atoms with Crippen molar-refractivity contribution in [1.29, 1.82) is 0 Å². The van der Waals surface area contributed by atoms with Gasteiger partial charge in [0, 0.05) is 0 Å². The van der Waals surface area contributed by atoms with E-state index in [9.17, 15) is 18.0 Å². The molecule has 0 aliphatic heterocycles. The van der Waals surface area contributed by atoms with Crippen LogP contribution in [0, 0.1) is 5.92 Å². The van der Waals surface area contributed by atoms with E-state index in [1.807, 2.05) is 0 Å². The van der Waals surface area contributed by atoms with Gasteiger partial charge in [-0.05, 0) is 30.9 Å². The van der Waals surface area contributed by atoms with Crippen LogP contribution in [0.4, 0.5) is 18.9 Å². The molecule has 1 aromatic carbocycles. The lowest BCUT2D eigenvalue weighted by atomic mass is 10.1. The number of benzene rings is 1. The Kier molecular flexibility index (Phi) is 4.13. The second-order valence-corrected chi connectivity index (χ2v) is 5.05. The molecule has 1 aliphatic carbocycles. The summed E-state index contributed by atoms with van der Waals surface area (Å²) in [5.74, 6) is -0.597. The van der Waals surface area contributed by atoms with Crippen molar-refractivity contribution in [2.75, 3.05) is 12.4 Å². The molecule has 2 rings (SSSR count). The smallest absolute Gasteiger partial charge is 0.418 e. The summed E-state index contributed by atoms with van der Waals surface area (Å²) >= 11 is 5.84. The molecule has 1 unspecified atom stereocenters. The lowest BCUT2D eigenvalue weighted by Crippen LogP contribution is -2.33. The van der Waals surface area contributed by atoms with Gasteiger partial charge < -0.3 is 10.1 Å². The molecule has 3 nitrogen and oxygen atoms in total. The molecular weight excluding hydrogens is 295 g/mol. The second-order valence-electron chi connectivity index (χ2n) is 4.64. The number of halogens is 4. The van der Waals surface area contributed by atoms with Crippen molar-refractivity contribution in [2.45, 2.75) is 25.1 Å². The highest BCUT2D eigenvalue weighted by molar-refractivity contribution is 6.33. The predicted octanol–water partition coefficient (Wildman–Crippen LogP) is 3.72. The van der Waals surface area contributed by atoms with E-state index in [1.165, 1.54) is 19.2 Å². The van der Waals surface area contributed by atoms with Crippen LogP contribution in [-0.4, -0.2) is 19.1 Å². The molecule has 0 bridgehead atoms. The summed E-state index contributed by atoms with van der Waals surface area (Å²) in [5.41, 5.74) is -1.16. The molecule has 20 heavy (non-hydrogen) atoms. The standard InChI is InChI=1S/C13H13ClF3NO2/c1-20-12(19)10(7-5-6-7)18-11-8(13(15,16)17)3-2-4-9(11)14/h2-4,7,10,18H,5-6H2,1H3. The molecule has 0 amide bonds. The van der Waals surface area contributed by atoms with Gasteiger partial charge in [-0.25, -0.2) is 4.79 Å². The Morgan fingerprint density at radius 1 is 1.45 bits per heavy atom. The minimum atomic E-state index is -4.54. The van der Waals surface area contributed by atoms with E-state index in [0.717, 1.165) is 18.9 Å². The maximum Gasteiger partial charge on any atom is 0.418 e. The molecule has 0 spiro atoms. The molecule has 1 fully saturated rings. The molecule has 0 saturated heterocycles. The lowest BCUT2D eigenvalue weighted by Gasteiger charge is -2.21. The van der Waals surface area contributed by atoms with Crippen molar-refractivity contribution >= 4 is 23.3 Å². The minimum absolute atomic E-state index is 0.0141. The zero-order chi connectivity index (χ0) is 14.9. The zero-order valence-electron chi connectivity index (χ0n) is 10.6. The first-order chi connectivity index (χ1) is 9.34. The van der Waals surface area contributed by atoms with Gasteiger partial charge in [-0.3, -0.25) is 0 Å². The number of anilines is 1. The highest BCUT2D eigenvalue weighted by atomic mass is 35.5. The maximum absolute atomic E-state index is 13.0. The molecule has 1 saturated carbocycles. The molecule has 1 atom stereocenters. The number of hydrogen-bond donors (Lipinski definition) is 1. The van der Waals surface area contributed by atoms with Crippen molar-refractivity contribution in [3.05, 3.63) is 28.8 Å². The first-order valence-corrected chi connectivity index (χ1v) is 6.42. The number of carbonyl (C=O) groups excluding carboxylic acids is 1. The van der Waals surface area contributed by atoms with E-state index >= 15 is 0 Å². The molecule has 0 radical (unpaired) electrons. The lowest BCUT2D eigenvalue weighted by molar-refractivity contribution is -0.142. The molecule has 1 aliphatic rings. The summed E-state index contributed by atoms with van der Waals surface area (Å²) in [6.45, 7) is 0. The van der Waals surface area contributed by atoms with Crippen LogP contribution in [0.1, 0.15) is 18.4 Å². The van der Waals surface area contributed by atoms with Crippen molar-refractivity contribution in [2.24, 2.45) is 5.92 Å². The van der Waals surface area contributed by atoms with Crippen LogP contribution in [0.2, 0.25) is 5.02 Å². The van der Waals surface area contributed by atoms with Crippen LogP contribution in [0.5, 0.6) is 0 Å². The van der Waals surface area contributed by atoms with Gasteiger partial charge in [0.05, 0.1) is 23.4 Å². The summed E-state index contributed by atoms with van der Waals surface area (Å²) < 4.78 is 43.5. The number of ether oxygens (including phenoxy) is 1. The highest BCUT2D eigenvalue weighted by Gasteiger charge is 2.40. The van der Waals surface area contributed by atoms with Crippen LogP contribution < -0.4 is 5.32 Å². The van der Waals surface area contributed by atoms with Gasteiger partial charge in [-0.2, -0.15) is 13.2 Å². The largest absolute Gasteiger partial charge is 0.467 e. The summed E-state index contributed by atoms with van der Waals surface area (Å²) in [4.78, 5) is 11.7. The van der Waals surface area contributed by atoms with Crippen molar-refractivity contribution < 1.29 is 22.7 Å². The third kappa shape index (κ3) is 3.17. The number of carbonyl (C=O) groups is 1. The van der Waals surface area contributed by atoms with Gasteiger partial charge in [-0.15, -0.1) is 0 Å². The first kappa shape index (κ1) is 15.0. The van der Waals surface area contributed by atoms with E-state index in [-0.39, 0.29) is 16.6 Å². The summed E-state index contributed by atoms with van der Waals surface area (Å²) in [6, 6.07) is 2.69. The average molecular weight is 308 g/mol. The van der Waals surface area contributed by atoms with Crippen molar-refractivity contribution in [3.8, 4) is 0 Å². The highest BCUT2D eigenvalue weighted by Crippen LogP contribution is 2.41. The van der Waals surface area contributed by atoms with E-state index in [1.54, 1.807) is 0 Å². The third-order valence-electron chi connectivity index (χ3n) is 3.17. The van der Waals surface area contributed by atoms with Crippen LogP contribution in [0.15, 0.2) is 18.2 Å². The predicted molar refractivity (Wildman–Crippen MR) is 68.6 cm³/mol. The SMILES string of the molecule is COC(=O)C(Nc1c(Cl)cccc1C(F)(F)F)C1CC1. The quantitative estimate of drug-likeness (QED) is 0.862. The van der Waals surface area contributed by atoms with Crippen LogP contribution in [-0.2, 0) is 15.7 Å². The fraction of sp³-hybridized carbons (Fsp3) is 0.462. The molecule has 0 aromatic heterocycles. The van der Waals surface area contributed by atoms with Gasteiger partial charge in [0.15, 0.2) is 0 Å². The summed E-state index contributed by atoms with van der Waals surface area (Å²) in [7, 11) is 1.21. The fourth-order valence-electron chi connectivity index (χ4n) is 1.99. The molecule has 1 aromatic rings. The number of esters is 1. The Bertz CT molecular complexity index is 515. The number of para-hydroxylation sites is 1. The van der Waals surface area contributed by atoms with Crippen molar-refractivity contribution in [1.82, 2.24) is 0 Å². The van der Waals surface area contributed by atoms with Crippen LogP contribution >= 0.6 is 11.6 Å². The first-order valence-electron chi connectivity index (χ1n) is 6.04. The Labute approximate surface area is 119 Å². The minimum Gasteiger partial charge on any atom is -0.467 e. The third-order valence-corrected chi connectivity index (χ3v) is 3.48. The van der Waals surface area contributed by atoms with Gasteiger partial charge in [0.25, 0.3) is 0 Å². The zero-order valence-corrected chi connectivity index (χ0v) is 11.4. The van der Waals surface area contributed by atoms with Gasteiger partial charge >= 0.3 is 12.1 Å². The fourth-order valence-corrected chi connectivity index (χ4v) is 2.22. The average Bonchev–Trinajstić information content (AvgIpc) is 3.19. The second kappa shape index (κ2) is 5.52. The summed E-state index contributed by atoms with van der Waals surface area (Å²) in [5, 5.41) is 2.53. The number of alkyl halides is 3. The number of methoxy groups -OCH3 is 1. The van der Waals surface area contributed by atoms with Crippen molar-refractivity contribution in [3.63, 3.8) is 0 Å². The maximum atomic E-state index is 13.0. The van der Waals surface area contributed by atoms with Crippen LogP contribution in [0.25, 0.3) is 0 Å². The number of hydrogen-bond acceptors (Lipinski definition) is 3. The molecular formula is C13H13ClF3NO2. The molecule has 1 N–H and O–H groups in total. The van der Waals surface area contributed by atoms with Gasteiger partial charge in [0.1, 0.15) is 6.04 Å². The Balaban J connectivity index is 2.34. The topological polar surface area (TPSA) is 38.3 Å². The Morgan fingerprint density at radius 3 is 2.60 bits per heavy atom. The Hall–Kier alpha value is -1.43.